The van der Waals surface area contributed by atoms with Crippen LogP contribution in [-0.4, -0.2) is 31.3 Å². The first kappa shape index (κ1) is 19.6. The molecule has 0 amide bonds. The number of methoxy groups -OCH3 is 1. The quantitative estimate of drug-likeness (QED) is 0.508. The lowest BCUT2D eigenvalue weighted by Gasteiger charge is -2.24. The highest BCUT2D eigenvalue weighted by atomic mass is 35.5. The molecule has 1 heterocycles. The third-order valence-electron chi connectivity index (χ3n) is 3.74. The molecule has 0 bridgehead atoms. The third kappa shape index (κ3) is 5.63. The summed E-state index contributed by atoms with van der Waals surface area (Å²) in [6, 6.07) is 7.41. The van der Waals surface area contributed by atoms with Crippen molar-refractivity contribution in [1.29, 1.82) is 0 Å². The largest absolute Gasteiger partial charge is 0.496 e. The number of thiophene rings is 1. The van der Waals surface area contributed by atoms with Crippen molar-refractivity contribution in [2.24, 2.45) is 4.99 Å². The van der Waals surface area contributed by atoms with Gasteiger partial charge in [-0.05, 0) is 48.4 Å². The van der Waals surface area contributed by atoms with Gasteiger partial charge in [0.1, 0.15) is 11.4 Å². The minimum absolute atomic E-state index is 0.354. The van der Waals surface area contributed by atoms with Crippen molar-refractivity contribution < 1.29 is 9.84 Å². The van der Waals surface area contributed by atoms with Crippen LogP contribution in [-0.2, 0) is 12.1 Å². The Morgan fingerprint density at radius 1 is 1.36 bits per heavy atom. The van der Waals surface area contributed by atoms with Crippen molar-refractivity contribution in [3.8, 4) is 5.75 Å². The Kier molecular flexibility index (Phi) is 7.11. The maximum Gasteiger partial charge on any atom is 0.191 e. The van der Waals surface area contributed by atoms with Gasteiger partial charge in [0.2, 0.25) is 0 Å². The molecule has 0 saturated heterocycles. The van der Waals surface area contributed by atoms with Gasteiger partial charge in [-0.2, -0.15) is 11.3 Å². The van der Waals surface area contributed by atoms with Crippen LogP contribution in [0, 0.1) is 0 Å². The van der Waals surface area contributed by atoms with Crippen LogP contribution < -0.4 is 15.4 Å². The molecule has 25 heavy (non-hydrogen) atoms. The molecule has 3 N–H and O–H groups in total. The van der Waals surface area contributed by atoms with E-state index >= 15 is 0 Å². The fourth-order valence-electron chi connectivity index (χ4n) is 2.28. The van der Waals surface area contributed by atoms with Crippen LogP contribution in [0.4, 0.5) is 0 Å². The second-order valence-electron chi connectivity index (χ2n) is 5.79. The van der Waals surface area contributed by atoms with Crippen LogP contribution in [0.3, 0.4) is 0 Å². The average molecular weight is 382 g/mol. The molecule has 136 valence electrons. The summed E-state index contributed by atoms with van der Waals surface area (Å²) in [5.74, 6) is 1.34. The van der Waals surface area contributed by atoms with Gasteiger partial charge in [0, 0.05) is 17.1 Å². The summed E-state index contributed by atoms with van der Waals surface area (Å²) >= 11 is 7.55. The number of nitrogens with zero attached hydrogens (tertiary/aromatic N) is 1. The highest BCUT2D eigenvalue weighted by molar-refractivity contribution is 7.08. The minimum Gasteiger partial charge on any atom is -0.496 e. The molecule has 1 aromatic heterocycles. The Labute approximate surface area is 157 Å². The van der Waals surface area contributed by atoms with Crippen LogP contribution in [0.25, 0.3) is 0 Å². The van der Waals surface area contributed by atoms with Crippen molar-refractivity contribution in [2.45, 2.75) is 26.0 Å². The molecule has 0 aliphatic heterocycles. The first-order valence-electron chi connectivity index (χ1n) is 8.06. The van der Waals surface area contributed by atoms with E-state index in [1.54, 1.807) is 31.4 Å². The van der Waals surface area contributed by atoms with Gasteiger partial charge in [-0.1, -0.05) is 17.7 Å². The van der Waals surface area contributed by atoms with Crippen LogP contribution in [0.15, 0.2) is 40.0 Å². The van der Waals surface area contributed by atoms with Crippen LogP contribution in [0.2, 0.25) is 5.02 Å². The Morgan fingerprint density at radius 3 is 2.80 bits per heavy atom. The standard InChI is InChI=1S/C18H24ClN3O2S/c1-4-20-17(22-12-18(2,23)14-7-8-25-11-14)21-10-13-5-6-15(19)9-16(13)24-3/h5-9,11,23H,4,10,12H2,1-3H3,(H2,20,21,22). The number of halogens is 1. The van der Waals surface area contributed by atoms with Gasteiger partial charge in [-0.25, -0.2) is 4.99 Å². The van der Waals surface area contributed by atoms with Crippen LogP contribution in [0.1, 0.15) is 25.0 Å². The Bertz CT molecular complexity index is 702. The van der Waals surface area contributed by atoms with E-state index in [-0.39, 0.29) is 0 Å². The lowest BCUT2D eigenvalue weighted by Crippen LogP contribution is -2.44. The number of rotatable bonds is 7. The zero-order valence-corrected chi connectivity index (χ0v) is 16.2. The zero-order valence-electron chi connectivity index (χ0n) is 14.7. The second-order valence-corrected chi connectivity index (χ2v) is 7.01. The zero-order chi connectivity index (χ0) is 18.3. The monoisotopic (exact) mass is 381 g/mol. The van der Waals surface area contributed by atoms with Crippen molar-refractivity contribution in [2.75, 3.05) is 20.2 Å². The molecule has 7 heteroatoms. The minimum atomic E-state index is -0.964. The van der Waals surface area contributed by atoms with E-state index in [1.165, 1.54) is 0 Å². The van der Waals surface area contributed by atoms with E-state index in [0.717, 1.165) is 17.7 Å². The number of ether oxygens (including phenoxy) is 1. The van der Waals surface area contributed by atoms with Gasteiger partial charge >= 0.3 is 0 Å². The molecule has 1 aromatic carbocycles. The van der Waals surface area contributed by atoms with Crippen molar-refractivity contribution in [1.82, 2.24) is 10.6 Å². The number of hydrogen-bond acceptors (Lipinski definition) is 4. The van der Waals surface area contributed by atoms with Gasteiger partial charge in [0.05, 0.1) is 20.2 Å². The maximum absolute atomic E-state index is 10.6. The Hall–Kier alpha value is -1.76. The molecule has 0 spiro atoms. The smallest absolute Gasteiger partial charge is 0.191 e. The predicted octanol–water partition coefficient (Wildman–Crippen LogP) is 3.37. The molecule has 5 nitrogen and oxygen atoms in total. The molecule has 0 aliphatic carbocycles. The van der Waals surface area contributed by atoms with E-state index in [9.17, 15) is 5.11 Å². The number of aliphatic hydroxyl groups is 1. The van der Waals surface area contributed by atoms with E-state index < -0.39 is 5.60 Å². The van der Waals surface area contributed by atoms with E-state index in [4.69, 9.17) is 16.3 Å². The molecule has 0 fully saturated rings. The molecule has 2 rings (SSSR count). The van der Waals surface area contributed by atoms with Crippen molar-refractivity contribution >= 4 is 28.9 Å². The van der Waals surface area contributed by atoms with Gasteiger partial charge in [0.15, 0.2) is 5.96 Å². The summed E-state index contributed by atoms with van der Waals surface area (Å²) in [5.41, 5.74) is 0.864. The summed E-state index contributed by atoms with van der Waals surface area (Å²) in [4.78, 5) is 4.57. The molecular formula is C18H24ClN3O2S. The molecule has 0 radical (unpaired) electrons. The second kappa shape index (κ2) is 9.08. The average Bonchev–Trinajstić information content (AvgIpc) is 3.13. The highest BCUT2D eigenvalue weighted by Gasteiger charge is 2.23. The molecular weight excluding hydrogens is 358 g/mol. The van der Waals surface area contributed by atoms with Gasteiger partial charge in [0.25, 0.3) is 0 Å². The molecule has 2 aromatic rings. The van der Waals surface area contributed by atoms with E-state index in [1.807, 2.05) is 35.9 Å². The normalized spacial score (nSPS) is 14.0. The van der Waals surface area contributed by atoms with E-state index in [0.29, 0.717) is 29.8 Å². The van der Waals surface area contributed by atoms with E-state index in [2.05, 4.69) is 15.6 Å². The summed E-state index contributed by atoms with van der Waals surface area (Å²) < 4.78 is 5.35. The van der Waals surface area contributed by atoms with Gasteiger partial charge < -0.3 is 20.5 Å². The molecule has 0 aliphatic rings. The Morgan fingerprint density at radius 2 is 2.16 bits per heavy atom. The molecule has 1 unspecified atom stereocenters. The van der Waals surface area contributed by atoms with Crippen LogP contribution in [0.5, 0.6) is 5.75 Å². The summed E-state index contributed by atoms with van der Waals surface area (Å²) in [6.45, 7) is 5.30. The van der Waals surface area contributed by atoms with Crippen LogP contribution >= 0.6 is 22.9 Å². The predicted molar refractivity (Wildman–Crippen MR) is 105 cm³/mol. The fraction of sp³-hybridized carbons (Fsp3) is 0.389. The van der Waals surface area contributed by atoms with Crippen molar-refractivity contribution in [3.63, 3.8) is 0 Å². The Balaban J connectivity index is 2.06. The maximum atomic E-state index is 10.6. The molecule has 0 saturated carbocycles. The first-order valence-corrected chi connectivity index (χ1v) is 9.38. The lowest BCUT2D eigenvalue weighted by molar-refractivity contribution is 0.0621. The summed E-state index contributed by atoms with van der Waals surface area (Å²) in [5, 5.41) is 21.5. The highest BCUT2D eigenvalue weighted by Crippen LogP contribution is 2.24. The number of aliphatic imine (C=N–C) groups is 1. The third-order valence-corrected chi connectivity index (χ3v) is 4.66. The topological polar surface area (TPSA) is 65.9 Å². The van der Waals surface area contributed by atoms with Gasteiger partial charge in [-0.15, -0.1) is 0 Å². The number of hydrogen-bond donors (Lipinski definition) is 3. The summed E-state index contributed by atoms with van der Waals surface area (Å²) in [7, 11) is 1.61. The molecule has 1 atom stereocenters. The number of nitrogens with one attached hydrogen (secondary N) is 2. The van der Waals surface area contributed by atoms with Gasteiger partial charge in [-0.3, -0.25) is 0 Å². The lowest BCUT2D eigenvalue weighted by atomic mass is 9.99. The first-order chi connectivity index (χ1) is 12.0. The number of benzene rings is 1. The number of guanidine groups is 1. The summed E-state index contributed by atoms with van der Waals surface area (Å²) in [6.07, 6.45) is 0. The fourth-order valence-corrected chi connectivity index (χ4v) is 3.23. The SMILES string of the molecule is CCNC(=NCc1ccc(Cl)cc1OC)NCC(C)(O)c1ccsc1. The van der Waals surface area contributed by atoms with Crippen molar-refractivity contribution in [3.05, 3.63) is 51.2 Å².